The minimum Gasteiger partial charge on any atom is -0.370 e. The maximum absolute atomic E-state index is 12.1. The Bertz CT molecular complexity index is 1080. The molecule has 1 aliphatic carbocycles. The second kappa shape index (κ2) is 10.00. The van der Waals surface area contributed by atoms with Crippen molar-refractivity contribution < 1.29 is 4.79 Å². The van der Waals surface area contributed by atoms with E-state index in [-0.39, 0.29) is 0 Å². The molecule has 2 aromatic rings. The Balaban J connectivity index is 1.10. The predicted molar refractivity (Wildman–Crippen MR) is 141 cm³/mol. The molecule has 0 radical (unpaired) electrons. The lowest BCUT2D eigenvalue weighted by Crippen LogP contribution is -2.40. The standard InChI is InChI=1S/C27H40N8O/c1-18-24(17-35(32-18)22-14-20-9-10-21(15-22)33(20)2)30-27-29-16-23(19-7-8-19)26(31-27)28-11-5-13-34-12-4-3-6-25(34)36/h16-17,19-22H,3-15H2,1-2H3,(H2,28,29,30,31). The molecule has 6 rings (SSSR count). The van der Waals surface area contributed by atoms with Crippen molar-refractivity contribution >= 4 is 23.4 Å². The molecule has 1 amide bonds. The Kier molecular flexibility index (Phi) is 6.58. The van der Waals surface area contributed by atoms with E-state index in [1.165, 1.54) is 44.1 Å². The topological polar surface area (TPSA) is 91.2 Å². The number of fused-ring (bicyclic) bond motifs is 2. The zero-order valence-corrected chi connectivity index (χ0v) is 21.7. The average molecular weight is 493 g/mol. The third kappa shape index (κ3) is 4.94. The number of aromatic nitrogens is 4. The molecule has 2 bridgehead atoms. The quantitative estimate of drug-likeness (QED) is 0.507. The van der Waals surface area contributed by atoms with Gasteiger partial charge in [0.25, 0.3) is 0 Å². The van der Waals surface area contributed by atoms with Crippen molar-refractivity contribution in [3.8, 4) is 0 Å². The summed E-state index contributed by atoms with van der Waals surface area (Å²) in [4.78, 5) is 26.2. The summed E-state index contributed by atoms with van der Waals surface area (Å²) in [6.07, 6.45) is 15.3. The molecule has 2 N–H and O–H groups in total. The molecule has 36 heavy (non-hydrogen) atoms. The van der Waals surface area contributed by atoms with Crippen LogP contribution in [-0.4, -0.2) is 74.2 Å². The molecule has 2 aromatic heterocycles. The van der Waals surface area contributed by atoms with Gasteiger partial charge in [-0.1, -0.05) is 0 Å². The molecule has 0 spiro atoms. The highest BCUT2D eigenvalue weighted by Crippen LogP contribution is 2.43. The highest BCUT2D eigenvalue weighted by Gasteiger charge is 2.39. The SMILES string of the molecule is Cc1nn(C2CC3CCC(C2)N3C)cc1Nc1ncc(C2CC2)c(NCCCN2CCCCC2=O)n1. The molecular formula is C27H40N8O. The van der Waals surface area contributed by atoms with E-state index in [9.17, 15) is 4.79 Å². The van der Waals surface area contributed by atoms with Gasteiger partial charge in [-0.25, -0.2) is 4.98 Å². The average Bonchev–Trinajstić information content (AvgIpc) is 3.62. The highest BCUT2D eigenvalue weighted by molar-refractivity contribution is 5.76. The van der Waals surface area contributed by atoms with E-state index < -0.39 is 0 Å². The molecule has 9 heteroatoms. The van der Waals surface area contributed by atoms with Crippen LogP contribution in [0, 0.1) is 6.92 Å². The van der Waals surface area contributed by atoms with Crippen molar-refractivity contribution in [2.24, 2.45) is 0 Å². The number of hydrogen-bond donors (Lipinski definition) is 2. The van der Waals surface area contributed by atoms with Crippen molar-refractivity contribution in [2.45, 2.75) is 95.2 Å². The number of carbonyl (C=O) groups is 1. The molecule has 1 saturated carbocycles. The maximum Gasteiger partial charge on any atom is 0.229 e. The Hall–Kier alpha value is -2.68. The lowest BCUT2D eigenvalue weighted by Gasteiger charge is -2.36. The van der Waals surface area contributed by atoms with E-state index in [0.717, 1.165) is 56.1 Å². The summed E-state index contributed by atoms with van der Waals surface area (Å²) in [5.41, 5.74) is 3.18. The molecule has 2 atom stereocenters. The van der Waals surface area contributed by atoms with E-state index in [0.29, 0.717) is 42.3 Å². The number of amides is 1. The van der Waals surface area contributed by atoms with E-state index in [1.807, 2.05) is 11.1 Å². The Morgan fingerprint density at radius 2 is 1.89 bits per heavy atom. The monoisotopic (exact) mass is 492 g/mol. The fourth-order valence-electron chi connectivity index (χ4n) is 6.37. The molecule has 9 nitrogen and oxygen atoms in total. The summed E-state index contributed by atoms with van der Waals surface area (Å²) in [5.74, 6) is 2.41. The predicted octanol–water partition coefficient (Wildman–Crippen LogP) is 4.21. The molecule has 4 aliphatic rings. The van der Waals surface area contributed by atoms with E-state index in [1.54, 1.807) is 0 Å². The Morgan fingerprint density at radius 3 is 2.64 bits per heavy atom. The van der Waals surface area contributed by atoms with Gasteiger partial charge >= 0.3 is 0 Å². The number of likely N-dealkylation sites (tertiary alicyclic amines) is 1. The van der Waals surface area contributed by atoms with Gasteiger partial charge in [0.2, 0.25) is 11.9 Å². The van der Waals surface area contributed by atoms with Gasteiger partial charge < -0.3 is 20.4 Å². The minimum atomic E-state index is 0.303. The van der Waals surface area contributed by atoms with Gasteiger partial charge in [-0.3, -0.25) is 9.48 Å². The summed E-state index contributed by atoms with van der Waals surface area (Å²) >= 11 is 0. The number of anilines is 3. The van der Waals surface area contributed by atoms with Crippen LogP contribution in [0.1, 0.15) is 87.4 Å². The molecule has 4 fully saturated rings. The van der Waals surface area contributed by atoms with Gasteiger partial charge in [0.1, 0.15) is 5.82 Å². The number of hydrogen-bond acceptors (Lipinski definition) is 7. The summed E-state index contributed by atoms with van der Waals surface area (Å²) in [6, 6.07) is 1.85. The molecule has 2 unspecified atom stereocenters. The first-order valence-corrected chi connectivity index (χ1v) is 14.0. The van der Waals surface area contributed by atoms with Gasteiger partial charge in [-0.05, 0) is 77.7 Å². The largest absolute Gasteiger partial charge is 0.370 e. The molecular weight excluding hydrogens is 452 g/mol. The summed E-state index contributed by atoms with van der Waals surface area (Å²) in [6.45, 7) is 4.58. The lowest BCUT2D eigenvalue weighted by atomic mass is 9.98. The summed E-state index contributed by atoms with van der Waals surface area (Å²) in [5, 5.41) is 11.9. The summed E-state index contributed by atoms with van der Waals surface area (Å²) < 4.78 is 2.18. The first-order chi connectivity index (χ1) is 17.5. The van der Waals surface area contributed by atoms with Gasteiger partial charge in [0.05, 0.1) is 17.4 Å². The van der Waals surface area contributed by atoms with E-state index >= 15 is 0 Å². The van der Waals surface area contributed by atoms with Crippen LogP contribution < -0.4 is 10.6 Å². The molecule has 5 heterocycles. The molecule has 194 valence electrons. The second-order valence-electron chi connectivity index (χ2n) is 11.3. The first kappa shape index (κ1) is 23.7. The van der Waals surface area contributed by atoms with Crippen molar-refractivity contribution in [1.82, 2.24) is 29.5 Å². The Labute approximate surface area is 214 Å². The van der Waals surface area contributed by atoms with Crippen LogP contribution in [0.25, 0.3) is 0 Å². The summed E-state index contributed by atoms with van der Waals surface area (Å²) in [7, 11) is 2.28. The molecule has 3 aliphatic heterocycles. The maximum atomic E-state index is 12.1. The smallest absolute Gasteiger partial charge is 0.229 e. The highest BCUT2D eigenvalue weighted by atomic mass is 16.2. The van der Waals surface area contributed by atoms with Crippen LogP contribution >= 0.6 is 0 Å². The molecule has 3 saturated heterocycles. The Morgan fingerprint density at radius 1 is 1.08 bits per heavy atom. The van der Waals surface area contributed by atoms with Crippen molar-refractivity contribution in [2.75, 3.05) is 37.3 Å². The number of aryl methyl sites for hydroxylation is 1. The van der Waals surface area contributed by atoms with Crippen LogP contribution in [0.5, 0.6) is 0 Å². The fraction of sp³-hybridized carbons (Fsp3) is 0.704. The van der Waals surface area contributed by atoms with Crippen LogP contribution in [0.4, 0.5) is 17.5 Å². The second-order valence-corrected chi connectivity index (χ2v) is 11.3. The lowest BCUT2D eigenvalue weighted by molar-refractivity contribution is -0.133. The van der Waals surface area contributed by atoms with Crippen LogP contribution in [-0.2, 0) is 4.79 Å². The van der Waals surface area contributed by atoms with Crippen molar-refractivity contribution in [3.63, 3.8) is 0 Å². The fourth-order valence-corrected chi connectivity index (χ4v) is 6.37. The number of piperidine rings is 2. The number of nitrogens with one attached hydrogen (secondary N) is 2. The van der Waals surface area contributed by atoms with Gasteiger partial charge in [0, 0.05) is 56.1 Å². The molecule has 0 aromatic carbocycles. The van der Waals surface area contributed by atoms with Crippen LogP contribution in [0.2, 0.25) is 0 Å². The zero-order chi connectivity index (χ0) is 24.6. The third-order valence-corrected chi connectivity index (χ3v) is 8.76. The van der Waals surface area contributed by atoms with E-state index in [2.05, 4.69) is 45.4 Å². The third-order valence-electron chi connectivity index (χ3n) is 8.76. The number of nitrogens with zero attached hydrogens (tertiary/aromatic N) is 6. The van der Waals surface area contributed by atoms with Gasteiger partial charge in [-0.2, -0.15) is 10.1 Å². The van der Waals surface area contributed by atoms with Gasteiger partial charge in [-0.15, -0.1) is 0 Å². The van der Waals surface area contributed by atoms with Gasteiger partial charge in [0.15, 0.2) is 0 Å². The van der Waals surface area contributed by atoms with Crippen molar-refractivity contribution in [3.05, 3.63) is 23.7 Å². The first-order valence-electron chi connectivity index (χ1n) is 14.0. The number of rotatable bonds is 9. The normalized spacial score (nSPS) is 26.4. The zero-order valence-electron chi connectivity index (χ0n) is 21.7. The van der Waals surface area contributed by atoms with Crippen molar-refractivity contribution in [1.29, 1.82) is 0 Å². The number of carbonyl (C=O) groups excluding carboxylic acids is 1. The van der Waals surface area contributed by atoms with Crippen LogP contribution in [0.3, 0.4) is 0 Å². The van der Waals surface area contributed by atoms with E-state index in [4.69, 9.17) is 10.1 Å². The van der Waals surface area contributed by atoms with Crippen LogP contribution in [0.15, 0.2) is 12.4 Å². The minimum absolute atomic E-state index is 0.303.